The fourth-order valence-corrected chi connectivity index (χ4v) is 2.69. The molecule has 0 bridgehead atoms. The van der Waals surface area contributed by atoms with Crippen LogP contribution in [0.3, 0.4) is 0 Å². The number of carbonyl (C=O) groups is 3. The van der Waals surface area contributed by atoms with Crippen LogP contribution in [0.15, 0.2) is 48.5 Å². The Morgan fingerprint density at radius 2 is 1.78 bits per heavy atom. The Hall–Kier alpha value is -2.86. The topological polar surface area (TPSA) is 87.3 Å². The molecule has 1 fully saturated rings. The molecule has 0 aliphatic heterocycles. The van der Waals surface area contributed by atoms with Crippen molar-refractivity contribution >= 4 is 35.0 Å². The van der Waals surface area contributed by atoms with Gasteiger partial charge in [0.15, 0.2) is 0 Å². The molecule has 2 aromatic rings. The molecule has 0 saturated heterocycles. The van der Waals surface area contributed by atoms with Crippen molar-refractivity contribution in [1.82, 2.24) is 10.6 Å². The zero-order chi connectivity index (χ0) is 19.4. The van der Waals surface area contributed by atoms with Gasteiger partial charge in [-0.15, -0.1) is 0 Å². The standard InChI is InChI=1S/C20H20ClN3O3/c1-12(22-20(27)16-7-2-3-8-17(16)21)18(25)24-15-6-4-5-13(11-15)19(26)23-14-9-10-14/h2-8,11-12,14H,9-10H2,1H3,(H,22,27)(H,23,26)(H,24,25)/t12-/m0/s1. The lowest BCUT2D eigenvalue weighted by Crippen LogP contribution is -2.41. The average molecular weight is 386 g/mol. The van der Waals surface area contributed by atoms with E-state index >= 15 is 0 Å². The van der Waals surface area contributed by atoms with Gasteiger partial charge in [0.05, 0.1) is 10.6 Å². The number of benzene rings is 2. The molecule has 3 N–H and O–H groups in total. The highest BCUT2D eigenvalue weighted by atomic mass is 35.5. The molecular weight excluding hydrogens is 366 g/mol. The third kappa shape index (κ3) is 5.08. The van der Waals surface area contributed by atoms with Gasteiger partial charge in [0.2, 0.25) is 5.91 Å². The minimum atomic E-state index is -0.780. The molecule has 0 radical (unpaired) electrons. The number of rotatable bonds is 6. The van der Waals surface area contributed by atoms with E-state index in [1.807, 2.05) is 0 Å². The first kappa shape index (κ1) is 18.9. The predicted octanol–water partition coefficient (Wildman–Crippen LogP) is 2.99. The first-order chi connectivity index (χ1) is 12.9. The van der Waals surface area contributed by atoms with Gasteiger partial charge in [-0.25, -0.2) is 0 Å². The Kier molecular flexibility index (Phi) is 5.76. The van der Waals surface area contributed by atoms with Crippen molar-refractivity contribution in [2.24, 2.45) is 0 Å². The number of carbonyl (C=O) groups excluding carboxylic acids is 3. The predicted molar refractivity (Wildman–Crippen MR) is 104 cm³/mol. The largest absolute Gasteiger partial charge is 0.349 e. The van der Waals surface area contributed by atoms with Gasteiger partial charge in [0.1, 0.15) is 6.04 Å². The van der Waals surface area contributed by atoms with E-state index in [-0.39, 0.29) is 11.9 Å². The molecular formula is C20H20ClN3O3. The van der Waals surface area contributed by atoms with Crippen molar-refractivity contribution in [3.63, 3.8) is 0 Å². The molecule has 0 heterocycles. The lowest BCUT2D eigenvalue weighted by atomic mass is 10.1. The molecule has 2 aromatic carbocycles. The van der Waals surface area contributed by atoms with Gasteiger partial charge >= 0.3 is 0 Å². The summed E-state index contributed by atoms with van der Waals surface area (Å²) in [6.45, 7) is 1.58. The normalized spacial score (nSPS) is 14.1. The van der Waals surface area contributed by atoms with E-state index in [1.54, 1.807) is 55.5 Å². The second-order valence-electron chi connectivity index (χ2n) is 6.49. The smallest absolute Gasteiger partial charge is 0.253 e. The minimum absolute atomic E-state index is 0.159. The second-order valence-corrected chi connectivity index (χ2v) is 6.90. The highest BCUT2D eigenvalue weighted by Gasteiger charge is 2.24. The van der Waals surface area contributed by atoms with Crippen LogP contribution in [0, 0.1) is 0 Å². The SMILES string of the molecule is C[C@H](NC(=O)c1ccccc1Cl)C(=O)Nc1cccc(C(=O)NC2CC2)c1. The van der Waals surface area contributed by atoms with E-state index < -0.39 is 17.9 Å². The number of amides is 3. The van der Waals surface area contributed by atoms with E-state index in [0.717, 1.165) is 12.8 Å². The second kappa shape index (κ2) is 8.22. The molecule has 1 atom stereocenters. The Morgan fingerprint density at radius 3 is 2.48 bits per heavy atom. The van der Waals surface area contributed by atoms with Crippen molar-refractivity contribution in [1.29, 1.82) is 0 Å². The van der Waals surface area contributed by atoms with E-state index in [1.165, 1.54) is 0 Å². The first-order valence-electron chi connectivity index (χ1n) is 8.71. The third-order valence-electron chi connectivity index (χ3n) is 4.16. The lowest BCUT2D eigenvalue weighted by Gasteiger charge is -2.15. The molecule has 0 aromatic heterocycles. The Morgan fingerprint density at radius 1 is 1.04 bits per heavy atom. The van der Waals surface area contributed by atoms with Crippen LogP contribution in [0.5, 0.6) is 0 Å². The van der Waals surface area contributed by atoms with E-state index in [0.29, 0.717) is 21.8 Å². The van der Waals surface area contributed by atoms with Crippen LogP contribution in [0.2, 0.25) is 5.02 Å². The molecule has 7 heteroatoms. The maximum atomic E-state index is 12.4. The van der Waals surface area contributed by atoms with Gasteiger partial charge in [0.25, 0.3) is 11.8 Å². The molecule has 0 spiro atoms. The molecule has 3 amide bonds. The summed E-state index contributed by atoms with van der Waals surface area (Å²) in [6.07, 6.45) is 2.01. The quantitative estimate of drug-likeness (QED) is 0.714. The summed E-state index contributed by atoms with van der Waals surface area (Å²) in [5, 5.41) is 8.54. The van der Waals surface area contributed by atoms with Crippen LogP contribution in [-0.4, -0.2) is 29.8 Å². The maximum Gasteiger partial charge on any atom is 0.253 e. The molecule has 0 unspecified atom stereocenters. The van der Waals surface area contributed by atoms with Crippen LogP contribution in [0.1, 0.15) is 40.5 Å². The summed E-state index contributed by atoms with van der Waals surface area (Å²) in [4.78, 5) is 36.7. The van der Waals surface area contributed by atoms with Gasteiger partial charge in [-0.2, -0.15) is 0 Å². The Balaban J connectivity index is 1.60. The molecule has 1 aliphatic rings. The summed E-state index contributed by atoms with van der Waals surface area (Å²) in [6, 6.07) is 12.8. The molecule has 140 valence electrons. The van der Waals surface area contributed by atoms with Crippen LogP contribution < -0.4 is 16.0 Å². The van der Waals surface area contributed by atoms with Gasteiger partial charge in [-0.1, -0.05) is 29.8 Å². The molecule has 6 nitrogen and oxygen atoms in total. The number of nitrogens with one attached hydrogen (secondary N) is 3. The summed E-state index contributed by atoms with van der Waals surface area (Å²) in [7, 11) is 0. The molecule has 1 aliphatic carbocycles. The monoisotopic (exact) mass is 385 g/mol. The van der Waals surface area contributed by atoms with Crippen molar-refractivity contribution in [2.45, 2.75) is 31.8 Å². The van der Waals surface area contributed by atoms with Gasteiger partial charge in [-0.3, -0.25) is 14.4 Å². The maximum absolute atomic E-state index is 12.4. The fraction of sp³-hybridized carbons (Fsp3) is 0.250. The Bertz CT molecular complexity index is 880. The van der Waals surface area contributed by atoms with E-state index in [9.17, 15) is 14.4 Å². The van der Waals surface area contributed by atoms with Crippen molar-refractivity contribution in [2.75, 3.05) is 5.32 Å². The minimum Gasteiger partial charge on any atom is -0.349 e. The number of hydrogen-bond donors (Lipinski definition) is 3. The van der Waals surface area contributed by atoms with Crippen LogP contribution in [0.25, 0.3) is 0 Å². The van der Waals surface area contributed by atoms with Crippen molar-refractivity contribution in [3.05, 3.63) is 64.7 Å². The van der Waals surface area contributed by atoms with E-state index in [4.69, 9.17) is 11.6 Å². The zero-order valence-corrected chi connectivity index (χ0v) is 15.5. The zero-order valence-electron chi connectivity index (χ0n) is 14.8. The van der Waals surface area contributed by atoms with E-state index in [2.05, 4.69) is 16.0 Å². The van der Waals surface area contributed by atoms with Crippen LogP contribution >= 0.6 is 11.6 Å². The fourth-order valence-electron chi connectivity index (χ4n) is 2.47. The molecule has 1 saturated carbocycles. The summed E-state index contributed by atoms with van der Waals surface area (Å²) in [5.74, 6) is -0.982. The van der Waals surface area contributed by atoms with Crippen LogP contribution in [-0.2, 0) is 4.79 Å². The van der Waals surface area contributed by atoms with Crippen LogP contribution in [0.4, 0.5) is 5.69 Å². The highest BCUT2D eigenvalue weighted by Crippen LogP contribution is 2.20. The summed E-state index contributed by atoms with van der Waals surface area (Å²) < 4.78 is 0. The summed E-state index contributed by atoms with van der Waals surface area (Å²) in [5.41, 5.74) is 1.27. The number of anilines is 1. The van der Waals surface area contributed by atoms with Gasteiger partial charge in [-0.05, 0) is 50.1 Å². The number of hydrogen-bond acceptors (Lipinski definition) is 3. The van der Waals surface area contributed by atoms with Crippen molar-refractivity contribution in [3.8, 4) is 0 Å². The molecule has 27 heavy (non-hydrogen) atoms. The first-order valence-corrected chi connectivity index (χ1v) is 9.09. The Labute approximate surface area is 162 Å². The van der Waals surface area contributed by atoms with Crippen molar-refractivity contribution < 1.29 is 14.4 Å². The summed E-state index contributed by atoms with van der Waals surface area (Å²) >= 11 is 6.00. The van der Waals surface area contributed by atoms with Gasteiger partial charge in [0, 0.05) is 17.3 Å². The molecule has 3 rings (SSSR count). The van der Waals surface area contributed by atoms with Gasteiger partial charge < -0.3 is 16.0 Å². The highest BCUT2D eigenvalue weighted by molar-refractivity contribution is 6.33. The third-order valence-corrected chi connectivity index (χ3v) is 4.49. The lowest BCUT2D eigenvalue weighted by molar-refractivity contribution is -0.117. The average Bonchev–Trinajstić information content (AvgIpc) is 3.46. The number of halogens is 1.